The molecule has 1 aliphatic rings. The molecule has 1 aromatic rings. The molecule has 118 valence electrons. The number of rotatable bonds is 7. The minimum Gasteiger partial charge on any atom is -0.316 e. The molecule has 2 heteroatoms. The normalized spacial score (nSPS) is 26.0. The van der Waals surface area contributed by atoms with E-state index in [0.29, 0.717) is 5.92 Å². The summed E-state index contributed by atoms with van der Waals surface area (Å²) in [5, 5.41) is 3.65. The van der Waals surface area contributed by atoms with E-state index in [1.54, 1.807) is 0 Å². The molecule has 1 aliphatic carbocycles. The highest BCUT2D eigenvalue weighted by atomic mass is 14.9. The van der Waals surface area contributed by atoms with Crippen LogP contribution >= 0.6 is 0 Å². The summed E-state index contributed by atoms with van der Waals surface area (Å²) in [4.78, 5) is 4.40. The maximum absolute atomic E-state index is 4.40. The van der Waals surface area contributed by atoms with E-state index in [-0.39, 0.29) is 0 Å². The fourth-order valence-electron chi connectivity index (χ4n) is 3.94. The summed E-state index contributed by atoms with van der Waals surface area (Å²) in [5.41, 5.74) is 2.93. The zero-order valence-corrected chi connectivity index (χ0v) is 14.1. The van der Waals surface area contributed by atoms with Crippen molar-refractivity contribution in [1.82, 2.24) is 10.3 Å². The van der Waals surface area contributed by atoms with Gasteiger partial charge in [-0.25, -0.2) is 0 Å². The first-order valence-corrected chi connectivity index (χ1v) is 8.87. The predicted molar refractivity (Wildman–Crippen MR) is 90.6 cm³/mol. The van der Waals surface area contributed by atoms with Crippen molar-refractivity contribution >= 4 is 0 Å². The topological polar surface area (TPSA) is 24.9 Å². The van der Waals surface area contributed by atoms with Gasteiger partial charge in [0.05, 0.1) is 0 Å². The molecule has 2 nitrogen and oxygen atoms in total. The lowest BCUT2D eigenvalue weighted by atomic mass is 9.69. The van der Waals surface area contributed by atoms with Crippen molar-refractivity contribution < 1.29 is 0 Å². The van der Waals surface area contributed by atoms with E-state index in [4.69, 9.17) is 0 Å². The maximum atomic E-state index is 4.40. The molecule has 2 rings (SSSR count). The van der Waals surface area contributed by atoms with Crippen LogP contribution in [0.3, 0.4) is 0 Å². The van der Waals surface area contributed by atoms with E-state index < -0.39 is 0 Å². The minimum atomic E-state index is 0.702. The number of hydrogen-bond donors (Lipinski definition) is 1. The zero-order chi connectivity index (χ0) is 15.1. The molecular formula is C19H32N2. The van der Waals surface area contributed by atoms with Gasteiger partial charge in [0.1, 0.15) is 0 Å². The molecule has 1 heterocycles. The van der Waals surface area contributed by atoms with Crippen molar-refractivity contribution in [3.05, 3.63) is 29.6 Å². The molecule has 1 fully saturated rings. The summed E-state index contributed by atoms with van der Waals surface area (Å²) < 4.78 is 0. The van der Waals surface area contributed by atoms with Gasteiger partial charge < -0.3 is 5.32 Å². The van der Waals surface area contributed by atoms with Crippen LogP contribution in [-0.2, 0) is 0 Å². The maximum Gasteiger partial charge on any atom is 0.0305 e. The Balaban J connectivity index is 2.10. The number of nitrogens with one attached hydrogen (secondary N) is 1. The van der Waals surface area contributed by atoms with E-state index in [9.17, 15) is 0 Å². The molecule has 1 aromatic heterocycles. The van der Waals surface area contributed by atoms with Gasteiger partial charge in [0.15, 0.2) is 0 Å². The lowest BCUT2D eigenvalue weighted by Gasteiger charge is -2.37. The molecule has 3 unspecified atom stereocenters. The van der Waals surface area contributed by atoms with Gasteiger partial charge in [0, 0.05) is 12.4 Å². The van der Waals surface area contributed by atoms with Gasteiger partial charge in [0.25, 0.3) is 0 Å². The summed E-state index contributed by atoms with van der Waals surface area (Å²) in [5.74, 6) is 2.41. The van der Waals surface area contributed by atoms with Crippen molar-refractivity contribution in [3.8, 4) is 0 Å². The van der Waals surface area contributed by atoms with Gasteiger partial charge in [-0.1, -0.05) is 33.1 Å². The number of hydrogen-bond acceptors (Lipinski definition) is 2. The molecule has 0 saturated heterocycles. The third-order valence-electron chi connectivity index (χ3n) is 5.11. The van der Waals surface area contributed by atoms with Crippen LogP contribution in [0.15, 0.2) is 18.5 Å². The van der Waals surface area contributed by atoms with Gasteiger partial charge in [-0.2, -0.15) is 0 Å². The monoisotopic (exact) mass is 288 g/mol. The molecule has 1 saturated carbocycles. The molecule has 21 heavy (non-hydrogen) atoms. The first kappa shape index (κ1) is 16.5. The summed E-state index contributed by atoms with van der Waals surface area (Å²) >= 11 is 0. The van der Waals surface area contributed by atoms with E-state index in [1.807, 2.05) is 6.20 Å². The van der Waals surface area contributed by atoms with Gasteiger partial charge in [-0.3, -0.25) is 4.98 Å². The molecule has 0 aliphatic heterocycles. The Morgan fingerprint density at radius 2 is 2.10 bits per heavy atom. The Hall–Kier alpha value is -0.890. The molecule has 0 spiro atoms. The van der Waals surface area contributed by atoms with Crippen molar-refractivity contribution in [2.24, 2.45) is 11.8 Å². The van der Waals surface area contributed by atoms with Crippen molar-refractivity contribution in [1.29, 1.82) is 0 Å². The molecular weight excluding hydrogens is 256 g/mol. The summed E-state index contributed by atoms with van der Waals surface area (Å²) in [7, 11) is 0. The van der Waals surface area contributed by atoms with Crippen molar-refractivity contribution in [2.45, 2.75) is 65.2 Å². The minimum absolute atomic E-state index is 0.702. The molecule has 0 radical (unpaired) electrons. The predicted octanol–water partition coefficient (Wildman–Crippen LogP) is 4.69. The first-order valence-electron chi connectivity index (χ1n) is 8.87. The van der Waals surface area contributed by atoms with Crippen LogP contribution in [0.4, 0.5) is 0 Å². The van der Waals surface area contributed by atoms with Crippen molar-refractivity contribution in [2.75, 3.05) is 13.1 Å². The summed E-state index contributed by atoms with van der Waals surface area (Å²) in [6, 6.07) is 2.18. The Morgan fingerprint density at radius 1 is 1.24 bits per heavy atom. The highest BCUT2D eigenvalue weighted by molar-refractivity contribution is 5.27. The third-order valence-corrected chi connectivity index (χ3v) is 5.11. The van der Waals surface area contributed by atoms with Crippen LogP contribution in [0.2, 0.25) is 0 Å². The average molecular weight is 288 g/mol. The van der Waals surface area contributed by atoms with Crippen LogP contribution < -0.4 is 5.32 Å². The van der Waals surface area contributed by atoms with Crippen molar-refractivity contribution in [3.63, 3.8) is 0 Å². The van der Waals surface area contributed by atoms with Crippen LogP contribution in [0.5, 0.6) is 0 Å². The second-order valence-corrected chi connectivity index (χ2v) is 6.77. The van der Waals surface area contributed by atoms with E-state index in [2.05, 4.69) is 43.3 Å². The largest absolute Gasteiger partial charge is 0.316 e. The molecule has 0 amide bonds. The van der Waals surface area contributed by atoms with E-state index in [1.165, 1.54) is 56.2 Å². The smallest absolute Gasteiger partial charge is 0.0305 e. The first-order chi connectivity index (χ1) is 10.3. The molecule has 0 bridgehead atoms. The highest BCUT2D eigenvalue weighted by Gasteiger charge is 2.31. The van der Waals surface area contributed by atoms with Crippen LogP contribution in [-0.4, -0.2) is 18.1 Å². The number of nitrogens with zero attached hydrogens (tertiary/aromatic N) is 1. The second-order valence-electron chi connectivity index (χ2n) is 6.77. The quantitative estimate of drug-likeness (QED) is 0.736. The van der Waals surface area contributed by atoms with Gasteiger partial charge in [-0.05, 0) is 74.2 Å². The Morgan fingerprint density at radius 3 is 2.81 bits per heavy atom. The third kappa shape index (κ3) is 4.54. The SMILES string of the molecule is CCCNCC1CCC(CCC)CC1c1cnccc1C. The average Bonchev–Trinajstić information content (AvgIpc) is 2.50. The summed E-state index contributed by atoms with van der Waals surface area (Å²) in [6.07, 6.45) is 12.1. The van der Waals surface area contributed by atoms with Crippen LogP contribution in [0.25, 0.3) is 0 Å². The number of aromatic nitrogens is 1. The van der Waals surface area contributed by atoms with Gasteiger partial charge >= 0.3 is 0 Å². The van der Waals surface area contributed by atoms with Gasteiger partial charge in [0.2, 0.25) is 0 Å². The number of pyridine rings is 1. The lowest BCUT2D eigenvalue weighted by Crippen LogP contribution is -2.32. The summed E-state index contributed by atoms with van der Waals surface area (Å²) in [6.45, 7) is 9.13. The zero-order valence-electron chi connectivity index (χ0n) is 14.1. The second kappa shape index (κ2) is 8.53. The Bertz CT molecular complexity index is 416. The van der Waals surface area contributed by atoms with Crippen LogP contribution in [0, 0.1) is 18.8 Å². The fraction of sp³-hybridized carbons (Fsp3) is 0.737. The fourth-order valence-corrected chi connectivity index (χ4v) is 3.94. The highest BCUT2D eigenvalue weighted by Crippen LogP contribution is 2.42. The Kier molecular flexibility index (Phi) is 6.69. The van der Waals surface area contributed by atoms with Gasteiger partial charge in [-0.15, -0.1) is 0 Å². The molecule has 0 aromatic carbocycles. The molecule has 3 atom stereocenters. The van der Waals surface area contributed by atoms with E-state index in [0.717, 1.165) is 18.4 Å². The van der Waals surface area contributed by atoms with Crippen LogP contribution in [0.1, 0.15) is 69.4 Å². The number of aryl methyl sites for hydroxylation is 1. The molecule has 1 N–H and O–H groups in total. The lowest BCUT2D eigenvalue weighted by molar-refractivity contribution is 0.220. The van der Waals surface area contributed by atoms with E-state index >= 15 is 0 Å². The Labute approximate surface area is 130 Å². The standard InChI is InChI=1S/C19H32N2/c1-4-6-16-7-8-17(13-20-10-5-2)18(12-16)19-14-21-11-9-15(19)3/h9,11,14,16-18,20H,4-8,10,12-13H2,1-3H3.